The first kappa shape index (κ1) is 16.0. The summed E-state index contributed by atoms with van der Waals surface area (Å²) >= 11 is 12.0. The van der Waals surface area contributed by atoms with Gasteiger partial charge in [-0.05, 0) is 43.8 Å². The summed E-state index contributed by atoms with van der Waals surface area (Å²) in [7, 11) is 1.90. The number of carbonyl (C=O) groups excluding carboxylic acids is 1. The molecule has 0 saturated carbocycles. The van der Waals surface area contributed by atoms with Crippen molar-refractivity contribution in [2.24, 2.45) is 0 Å². The van der Waals surface area contributed by atoms with Crippen LogP contribution in [0.25, 0.3) is 0 Å². The number of nitrogens with zero attached hydrogens (tertiary/aromatic N) is 2. The van der Waals surface area contributed by atoms with Crippen molar-refractivity contribution in [3.8, 4) is 0 Å². The molecule has 0 fully saturated rings. The molecular weight excluding hydrogens is 307 g/mol. The maximum absolute atomic E-state index is 12.5. The highest BCUT2D eigenvalue weighted by atomic mass is 35.5. The van der Waals surface area contributed by atoms with Gasteiger partial charge in [-0.2, -0.15) is 0 Å². The molecule has 0 aliphatic rings. The SMILES string of the molecule is CC(C(=O)c1ccc(Cl)cc1Cl)N(C)Cc1cccnc1. The minimum Gasteiger partial charge on any atom is -0.292 e. The van der Waals surface area contributed by atoms with E-state index < -0.39 is 0 Å². The zero-order chi connectivity index (χ0) is 15.4. The highest BCUT2D eigenvalue weighted by Crippen LogP contribution is 2.23. The average Bonchev–Trinajstić information content (AvgIpc) is 2.47. The molecule has 0 radical (unpaired) electrons. The van der Waals surface area contributed by atoms with Gasteiger partial charge in [0.1, 0.15) is 0 Å². The molecule has 0 saturated heterocycles. The largest absolute Gasteiger partial charge is 0.292 e. The average molecular weight is 323 g/mol. The summed E-state index contributed by atoms with van der Waals surface area (Å²) in [5.41, 5.74) is 1.55. The summed E-state index contributed by atoms with van der Waals surface area (Å²) in [4.78, 5) is 18.6. The van der Waals surface area contributed by atoms with Gasteiger partial charge < -0.3 is 0 Å². The van der Waals surface area contributed by atoms with Crippen molar-refractivity contribution in [2.45, 2.75) is 19.5 Å². The number of likely N-dealkylation sites (N-methyl/N-ethyl adjacent to an activating group) is 1. The fourth-order valence-electron chi connectivity index (χ4n) is 2.03. The molecular formula is C16H16Cl2N2O. The lowest BCUT2D eigenvalue weighted by Gasteiger charge is -2.23. The maximum atomic E-state index is 12.5. The molecule has 21 heavy (non-hydrogen) atoms. The molecule has 1 atom stereocenters. The van der Waals surface area contributed by atoms with E-state index >= 15 is 0 Å². The van der Waals surface area contributed by atoms with E-state index in [2.05, 4.69) is 4.98 Å². The number of hydrogen-bond acceptors (Lipinski definition) is 3. The molecule has 5 heteroatoms. The van der Waals surface area contributed by atoms with Crippen LogP contribution < -0.4 is 0 Å². The molecule has 1 aromatic heterocycles. The first-order chi connectivity index (χ1) is 9.99. The Bertz CT molecular complexity index is 631. The number of aromatic nitrogens is 1. The topological polar surface area (TPSA) is 33.2 Å². The Balaban J connectivity index is 2.11. The molecule has 2 rings (SSSR count). The van der Waals surface area contributed by atoms with E-state index in [9.17, 15) is 4.79 Å². The van der Waals surface area contributed by atoms with Crippen LogP contribution in [-0.4, -0.2) is 28.8 Å². The second-order valence-electron chi connectivity index (χ2n) is 4.94. The van der Waals surface area contributed by atoms with Crippen LogP contribution in [0.3, 0.4) is 0 Å². The van der Waals surface area contributed by atoms with E-state index in [0.29, 0.717) is 22.2 Å². The molecule has 0 N–H and O–H groups in total. The van der Waals surface area contributed by atoms with Gasteiger partial charge in [-0.15, -0.1) is 0 Å². The van der Waals surface area contributed by atoms with Gasteiger partial charge in [0.2, 0.25) is 0 Å². The molecule has 0 bridgehead atoms. The van der Waals surface area contributed by atoms with E-state index in [1.807, 2.05) is 31.0 Å². The lowest BCUT2D eigenvalue weighted by molar-refractivity contribution is 0.0862. The molecule has 1 unspecified atom stereocenters. The van der Waals surface area contributed by atoms with Crippen molar-refractivity contribution in [1.29, 1.82) is 0 Å². The van der Waals surface area contributed by atoms with Crippen molar-refractivity contribution >= 4 is 29.0 Å². The smallest absolute Gasteiger partial charge is 0.181 e. The molecule has 1 aromatic carbocycles. The zero-order valence-corrected chi connectivity index (χ0v) is 13.4. The minimum atomic E-state index is -0.288. The number of carbonyl (C=O) groups is 1. The van der Waals surface area contributed by atoms with E-state index in [0.717, 1.165) is 5.56 Å². The lowest BCUT2D eigenvalue weighted by atomic mass is 10.0. The van der Waals surface area contributed by atoms with Crippen LogP contribution in [0.4, 0.5) is 0 Å². The quantitative estimate of drug-likeness (QED) is 0.777. The van der Waals surface area contributed by atoms with Crippen LogP contribution in [0.5, 0.6) is 0 Å². The van der Waals surface area contributed by atoms with Crippen molar-refractivity contribution in [3.05, 3.63) is 63.9 Å². The summed E-state index contributed by atoms with van der Waals surface area (Å²) in [6.45, 7) is 2.51. The normalized spacial score (nSPS) is 12.4. The van der Waals surface area contributed by atoms with Crippen molar-refractivity contribution in [2.75, 3.05) is 7.05 Å². The second kappa shape index (κ2) is 7.03. The fourth-order valence-corrected chi connectivity index (χ4v) is 2.53. The third-order valence-electron chi connectivity index (χ3n) is 3.39. The van der Waals surface area contributed by atoms with Gasteiger partial charge >= 0.3 is 0 Å². The Morgan fingerprint density at radius 1 is 1.33 bits per heavy atom. The van der Waals surface area contributed by atoms with Gasteiger partial charge in [-0.1, -0.05) is 29.3 Å². The van der Waals surface area contributed by atoms with Gasteiger partial charge in [0.25, 0.3) is 0 Å². The number of benzene rings is 1. The van der Waals surface area contributed by atoms with Gasteiger partial charge in [0.15, 0.2) is 5.78 Å². The standard InChI is InChI=1S/C16H16Cl2N2O/c1-11(20(2)10-12-4-3-7-19-9-12)16(21)14-6-5-13(17)8-15(14)18/h3-9,11H,10H2,1-2H3. The Hall–Kier alpha value is -1.42. The van der Waals surface area contributed by atoms with Gasteiger partial charge in [0, 0.05) is 29.5 Å². The van der Waals surface area contributed by atoms with E-state index in [-0.39, 0.29) is 11.8 Å². The van der Waals surface area contributed by atoms with Crippen LogP contribution in [0, 0.1) is 0 Å². The number of rotatable bonds is 5. The van der Waals surface area contributed by atoms with Crippen LogP contribution in [0.1, 0.15) is 22.8 Å². The number of halogens is 2. The minimum absolute atomic E-state index is 0.0249. The third-order valence-corrected chi connectivity index (χ3v) is 3.94. The number of pyridine rings is 1. The summed E-state index contributed by atoms with van der Waals surface area (Å²) < 4.78 is 0. The van der Waals surface area contributed by atoms with Crippen LogP contribution in [-0.2, 0) is 6.54 Å². The number of ketones is 1. The number of Topliss-reactive ketones (excluding diaryl/α,β-unsaturated/α-hetero) is 1. The Labute approximate surface area is 134 Å². The molecule has 0 spiro atoms. The molecule has 0 aliphatic carbocycles. The molecule has 1 heterocycles. The Morgan fingerprint density at radius 2 is 2.10 bits per heavy atom. The summed E-state index contributed by atoms with van der Waals surface area (Å²) in [5.74, 6) is -0.0249. The summed E-state index contributed by atoms with van der Waals surface area (Å²) in [6, 6.07) is 8.51. The third kappa shape index (κ3) is 4.03. The monoisotopic (exact) mass is 322 g/mol. The Morgan fingerprint density at radius 3 is 2.71 bits per heavy atom. The fraction of sp³-hybridized carbons (Fsp3) is 0.250. The van der Waals surface area contributed by atoms with Crippen LogP contribution >= 0.6 is 23.2 Å². The molecule has 0 aliphatic heterocycles. The molecule has 0 amide bonds. The van der Waals surface area contributed by atoms with Crippen molar-refractivity contribution in [3.63, 3.8) is 0 Å². The molecule has 3 nitrogen and oxygen atoms in total. The molecule has 110 valence electrons. The maximum Gasteiger partial charge on any atom is 0.181 e. The van der Waals surface area contributed by atoms with E-state index in [1.54, 1.807) is 30.6 Å². The van der Waals surface area contributed by atoms with Crippen LogP contribution in [0.15, 0.2) is 42.7 Å². The first-order valence-corrected chi connectivity index (χ1v) is 7.33. The highest BCUT2D eigenvalue weighted by Gasteiger charge is 2.21. The van der Waals surface area contributed by atoms with Gasteiger partial charge in [-0.3, -0.25) is 14.7 Å². The van der Waals surface area contributed by atoms with E-state index in [4.69, 9.17) is 23.2 Å². The van der Waals surface area contributed by atoms with Gasteiger partial charge in [0.05, 0.1) is 11.1 Å². The van der Waals surface area contributed by atoms with E-state index in [1.165, 1.54) is 0 Å². The zero-order valence-electron chi connectivity index (χ0n) is 11.9. The summed E-state index contributed by atoms with van der Waals surface area (Å²) in [6.07, 6.45) is 3.52. The highest BCUT2D eigenvalue weighted by molar-refractivity contribution is 6.37. The van der Waals surface area contributed by atoms with Gasteiger partial charge in [-0.25, -0.2) is 0 Å². The van der Waals surface area contributed by atoms with Crippen LogP contribution in [0.2, 0.25) is 10.0 Å². The summed E-state index contributed by atoms with van der Waals surface area (Å²) in [5, 5.41) is 0.905. The van der Waals surface area contributed by atoms with Crippen molar-refractivity contribution in [1.82, 2.24) is 9.88 Å². The number of hydrogen-bond donors (Lipinski definition) is 0. The second-order valence-corrected chi connectivity index (χ2v) is 5.78. The lowest BCUT2D eigenvalue weighted by Crippen LogP contribution is -2.35. The predicted octanol–water partition coefficient (Wildman–Crippen LogP) is 4.09. The predicted molar refractivity (Wildman–Crippen MR) is 86.0 cm³/mol. The van der Waals surface area contributed by atoms with Crippen molar-refractivity contribution < 1.29 is 4.79 Å². The first-order valence-electron chi connectivity index (χ1n) is 6.57. The molecule has 2 aromatic rings. The Kier molecular flexibility index (Phi) is 5.34.